The SMILES string of the molecule is Cc1ccccc1-n1c(Cn2cnc3c(N)ncnc32)nn2ccc(C3CC3)c2c1=O. The zero-order valence-corrected chi connectivity index (χ0v) is 16.9. The number of benzene rings is 1. The van der Waals surface area contributed by atoms with Crippen LogP contribution in [0.1, 0.15) is 35.7 Å². The number of hydrogen-bond donors (Lipinski definition) is 1. The Morgan fingerprint density at radius 3 is 2.77 bits per heavy atom. The van der Waals surface area contributed by atoms with E-state index in [1.165, 1.54) is 6.33 Å². The van der Waals surface area contributed by atoms with Crippen LogP contribution in [0.15, 0.2) is 54.0 Å². The van der Waals surface area contributed by atoms with Crippen LogP contribution in [0.2, 0.25) is 0 Å². The zero-order valence-electron chi connectivity index (χ0n) is 16.9. The van der Waals surface area contributed by atoms with Crippen molar-refractivity contribution in [3.05, 3.63) is 76.5 Å². The topological polar surface area (TPSA) is 109 Å². The highest BCUT2D eigenvalue weighted by atomic mass is 16.1. The van der Waals surface area contributed by atoms with Crippen molar-refractivity contribution >= 4 is 22.5 Å². The first-order valence-electron chi connectivity index (χ1n) is 10.2. The molecule has 5 aromatic rings. The number of imidazole rings is 1. The Kier molecular flexibility index (Phi) is 3.73. The van der Waals surface area contributed by atoms with Gasteiger partial charge in [-0.25, -0.2) is 19.5 Å². The lowest BCUT2D eigenvalue weighted by Crippen LogP contribution is -2.28. The van der Waals surface area contributed by atoms with Gasteiger partial charge in [-0.05, 0) is 48.9 Å². The maximum absolute atomic E-state index is 13.8. The molecule has 4 aromatic heterocycles. The van der Waals surface area contributed by atoms with E-state index >= 15 is 0 Å². The summed E-state index contributed by atoms with van der Waals surface area (Å²) < 4.78 is 5.26. The fourth-order valence-electron chi connectivity index (χ4n) is 4.19. The standard InChI is InChI=1S/C22H20N8O/c1-13-4-2-3-5-16(13)30-17(10-28-12-26-18-20(23)24-11-25-21(18)28)27-29-9-8-15(14-6-7-14)19(29)22(30)31/h2-5,8-9,11-12,14H,6-7,10H2,1H3,(H2,23,24,25). The van der Waals surface area contributed by atoms with Crippen LogP contribution >= 0.6 is 0 Å². The monoisotopic (exact) mass is 412 g/mol. The van der Waals surface area contributed by atoms with Crippen molar-refractivity contribution in [2.75, 3.05) is 5.73 Å². The minimum Gasteiger partial charge on any atom is -0.382 e. The summed E-state index contributed by atoms with van der Waals surface area (Å²) in [5.41, 5.74) is 10.6. The van der Waals surface area contributed by atoms with Gasteiger partial charge in [-0.3, -0.25) is 9.36 Å². The lowest BCUT2D eigenvalue weighted by atomic mass is 10.1. The Labute approximate surface area is 176 Å². The molecular weight excluding hydrogens is 392 g/mol. The van der Waals surface area contributed by atoms with Crippen LogP contribution in [0, 0.1) is 6.92 Å². The first kappa shape index (κ1) is 17.8. The fraction of sp³-hybridized carbons (Fsp3) is 0.227. The van der Waals surface area contributed by atoms with Crippen LogP contribution < -0.4 is 11.3 Å². The van der Waals surface area contributed by atoms with Gasteiger partial charge < -0.3 is 10.3 Å². The number of hydrogen-bond acceptors (Lipinski definition) is 6. The molecule has 0 atom stereocenters. The molecule has 0 unspecified atom stereocenters. The van der Waals surface area contributed by atoms with E-state index in [9.17, 15) is 4.79 Å². The Bertz CT molecular complexity index is 1520. The zero-order chi connectivity index (χ0) is 21.1. The number of para-hydroxylation sites is 1. The first-order chi connectivity index (χ1) is 15.1. The van der Waals surface area contributed by atoms with Crippen LogP contribution in [0.3, 0.4) is 0 Å². The van der Waals surface area contributed by atoms with Crippen molar-refractivity contribution in [2.45, 2.75) is 32.2 Å². The minimum atomic E-state index is -0.0650. The summed E-state index contributed by atoms with van der Waals surface area (Å²) in [6.07, 6.45) is 7.18. The molecule has 4 heterocycles. The normalized spacial score (nSPS) is 14.0. The summed E-state index contributed by atoms with van der Waals surface area (Å²) >= 11 is 0. The Hall–Kier alpha value is -4.01. The molecule has 0 spiro atoms. The third kappa shape index (κ3) is 2.73. The summed E-state index contributed by atoms with van der Waals surface area (Å²) in [6, 6.07) is 9.86. The van der Waals surface area contributed by atoms with Gasteiger partial charge in [0.25, 0.3) is 5.56 Å². The molecule has 0 bridgehead atoms. The summed E-state index contributed by atoms with van der Waals surface area (Å²) in [7, 11) is 0. The highest BCUT2D eigenvalue weighted by molar-refractivity contribution is 5.81. The van der Waals surface area contributed by atoms with E-state index in [4.69, 9.17) is 10.8 Å². The predicted molar refractivity (Wildman–Crippen MR) is 116 cm³/mol. The Morgan fingerprint density at radius 1 is 1.13 bits per heavy atom. The second-order valence-corrected chi connectivity index (χ2v) is 7.99. The van der Waals surface area contributed by atoms with Gasteiger partial charge in [0.2, 0.25) is 0 Å². The van der Waals surface area contributed by atoms with E-state index < -0.39 is 0 Å². The van der Waals surface area contributed by atoms with Crippen molar-refractivity contribution in [3.8, 4) is 5.69 Å². The third-order valence-corrected chi connectivity index (χ3v) is 5.90. The molecule has 0 radical (unpaired) electrons. The van der Waals surface area contributed by atoms with Gasteiger partial charge in [0, 0.05) is 6.20 Å². The number of nitrogens with two attached hydrogens (primary N) is 1. The van der Waals surface area contributed by atoms with Gasteiger partial charge in [-0.2, -0.15) is 5.10 Å². The van der Waals surface area contributed by atoms with E-state index in [0.29, 0.717) is 40.8 Å². The highest BCUT2D eigenvalue weighted by Crippen LogP contribution is 2.41. The van der Waals surface area contributed by atoms with Crippen molar-refractivity contribution in [1.82, 2.24) is 33.7 Å². The molecule has 1 aliphatic carbocycles. The third-order valence-electron chi connectivity index (χ3n) is 5.90. The fourth-order valence-corrected chi connectivity index (χ4v) is 4.19. The predicted octanol–water partition coefficient (Wildman–Crippen LogP) is 2.44. The molecule has 1 fully saturated rings. The molecule has 1 saturated carbocycles. The molecule has 0 amide bonds. The molecule has 1 aliphatic rings. The number of nitrogen functional groups attached to an aromatic ring is 1. The maximum atomic E-state index is 13.8. The Balaban J connectivity index is 1.61. The number of fused-ring (bicyclic) bond motifs is 2. The molecular formula is C22H20N8O. The van der Waals surface area contributed by atoms with E-state index in [-0.39, 0.29) is 5.56 Å². The van der Waals surface area contributed by atoms with E-state index in [1.807, 2.05) is 48.0 Å². The van der Waals surface area contributed by atoms with Crippen LogP contribution in [0.4, 0.5) is 5.82 Å². The maximum Gasteiger partial charge on any atom is 0.282 e. The number of nitrogens with zero attached hydrogens (tertiary/aromatic N) is 7. The van der Waals surface area contributed by atoms with Gasteiger partial charge in [-0.15, -0.1) is 0 Å². The summed E-state index contributed by atoms with van der Waals surface area (Å²) in [5, 5.41) is 4.84. The van der Waals surface area contributed by atoms with Gasteiger partial charge in [-0.1, -0.05) is 18.2 Å². The second-order valence-electron chi connectivity index (χ2n) is 7.99. The summed E-state index contributed by atoms with van der Waals surface area (Å²) in [5.74, 6) is 1.36. The average Bonchev–Trinajstić information content (AvgIpc) is 3.39. The Morgan fingerprint density at radius 2 is 1.97 bits per heavy atom. The van der Waals surface area contributed by atoms with Crippen molar-refractivity contribution in [1.29, 1.82) is 0 Å². The quantitative estimate of drug-likeness (QED) is 0.486. The second kappa shape index (κ2) is 6.49. The molecule has 154 valence electrons. The van der Waals surface area contributed by atoms with Crippen molar-refractivity contribution in [3.63, 3.8) is 0 Å². The summed E-state index contributed by atoms with van der Waals surface area (Å²) in [4.78, 5) is 26.5. The molecule has 31 heavy (non-hydrogen) atoms. The number of aryl methyl sites for hydroxylation is 1. The van der Waals surface area contributed by atoms with Crippen LogP contribution in [0.5, 0.6) is 0 Å². The lowest BCUT2D eigenvalue weighted by molar-refractivity contribution is 0.668. The van der Waals surface area contributed by atoms with Crippen LogP contribution in [0.25, 0.3) is 22.4 Å². The molecule has 0 saturated heterocycles. The number of rotatable bonds is 4. The number of aromatic nitrogens is 7. The minimum absolute atomic E-state index is 0.0650. The average molecular weight is 412 g/mol. The molecule has 9 nitrogen and oxygen atoms in total. The smallest absolute Gasteiger partial charge is 0.282 e. The van der Waals surface area contributed by atoms with Crippen molar-refractivity contribution < 1.29 is 0 Å². The first-order valence-corrected chi connectivity index (χ1v) is 10.2. The van der Waals surface area contributed by atoms with Crippen molar-refractivity contribution in [2.24, 2.45) is 0 Å². The summed E-state index contributed by atoms with van der Waals surface area (Å²) in [6.45, 7) is 2.31. The molecule has 0 aliphatic heterocycles. The van der Waals surface area contributed by atoms with E-state index in [1.54, 1.807) is 15.4 Å². The van der Waals surface area contributed by atoms with Gasteiger partial charge in [0.1, 0.15) is 17.4 Å². The molecule has 9 heteroatoms. The van der Waals surface area contributed by atoms with Gasteiger partial charge >= 0.3 is 0 Å². The largest absolute Gasteiger partial charge is 0.382 e. The molecule has 2 N–H and O–H groups in total. The van der Waals surface area contributed by atoms with E-state index in [2.05, 4.69) is 15.0 Å². The number of anilines is 1. The lowest BCUT2D eigenvalue weighted by Gasteiger charge is -2.16. The molecule has 1 aromatic carbocycles. The van der Waals surface area contributed by atoms with Gasteiger partial charge in [0.05, 0.1) is 18.6 Å². The molecule has 6 rings (SSSR count). The van der Waals surface area contributed by atoms with E-state index in [0.717, 1.165) is 29.7 Å². The van der Waals surface area contributed by atoms with Gasteiger partial charge in [0.15, 0.2) is 17.3 Å². The van der Waals surface area contributed by atoms with Crippen LogP contribution in [-0.2, 0) is 6.54 Å². The highest BCUT2D eigenvalue weighted by Gasteiger charge is 2.29. The van der Waals surface area contributed by atoms with Crippen LogP contribution in [-0.4, -0.2) is 33.7 Å².